The summed E-state index contributed by atoms with van der Waals surface area (Å²) in [5, 5.41) is 0. The Morgan fingerprint density at radius 3 is 3.33 bits per heavy atom. The highest BCUT2D eigenvalue weighted by Gasteiger charge is 2.33. The van der Waals surface area contributed by atoms with Crippen LogP contribution in [0.4, 0.5) is 0 Å². The van der Waals surface area contributed by atoms with Gasteiger partial charge in [0, 0.05) is 24.3 Å². The van der Waals surface area contributed by atoms with Crippen molar-refractivity contribution in [3.63, 3.8) is 0 Å². The van der Waals surface area contributed by atoms with E-state index < -0.39 is 0 Å². The van der Waals surface area contributed by atoms with Crippen molar-refractivity contribution < 1.29 is 4.74 Å². The largest absolute Gasteiger partial charge is 0.367 e. The number of hydrogen-bond donors (Lipinski definition) is 1. The molecule has 2 unspecified atom stereocenters. The number of nitrogens with zero attached hydrogens (tertiary/aromatic N) is 2. The van der Waals surface area contributed by atoms with E-state index in [-0.39, 0.29) is 11.7 Å². The van der Waals surface area contributed by atoms with Gasteiger partial charge in [-0.2, -0.15) is 0 Å². The van der Waals surface area contributed by atoms with Crippen LogP contribution in [0.15, 0.2) is 10.9 Å². The minimum atomic E-state index is -0.0847. The van der Waals surface area contributed by atoms with E-state index in [4.69, 9.17) is 4.74 Å². The lowest BCUT2D eigenvalue weighted by molar-refractivity contribution is -0.0543. The maximum Gasteiger partial charge on any atom is 0.251 e. The molecule has 0 spiro atoms. The van der Waals surface area contributed by atoms with Crippen LogP contribution in [0.2, 0.25) is 0 Å². The second kappa shape index (κ2) is 4.82. The topological polar surface area (TPSA) is 58.2 Å². The quantitative estimate of drug-likeness (QED) is 0.845. The van der Waals surface area contributed by atoms with E-state index in [1.807, 2.05) is 6.92 Å². The van der Waals surface area contributed by atoms with Crippen molar-refractivity contribution in [3.8, 4) is 0 Å². The van der Waals surface area contributed by atoms with Crippen LogP contribution in [-0.4, -0.2) is 40.6 Å². The minimum absolute atomic E-state index is 0.0796. The van der Waals surface area contributed by atoms with Gasteiger partial charge in [-0.3, -0.25) is 9.69 Å². The molecule has 2 saturated heterocycles. The summed E-state index contributed by atoms with van der Waals surface area (Å²) in [4.78, 5) is 21.3. The van der Waals surface area contributed by atoms with Crippen molar-refractivity contribution >= 4 is 0 Å². The Morgan fingerprint density at radius 1 is 1.61 bits per heavy atom. The fourth-order valence-electron chi connectivity index (χ4n) is 2.84. The Kier molecular flexibility index (Phi) is 3.18. The predicted octanol–water partition coefficient (Wildman–Crippen LogP) is 0.868. The van der Waals surface area contributed by atoms with Crippen molar-refractivity contribution in [3.05, 3.63) is 27.9 Å². The summed E-state index contributed by atoms with van der Waals surface area (Å²) in [6, 6.07) is 2.13. The van der Waals surface area contributed by atoms with Crippen LogP contribution in [0.5, 0.6) is 0 Å². The fraction of sp³-hybridized carbons (Fsp3) is 0.692. The molecule has 0 saturated carbocycles. The first-order valence-corrected chi connectivity index (χ1v) is 6.72. The van der Waals surface area contributed by atoms with Crippen molar-refractivity contribution in [2.45, 2.75) is 38.3 Å². The molecule has 0 amide bonds. The van der Waals surface area contributed by atoms with E-state index in [9.17, 15) is 4.79 Å². The molecular formula is C13H19N3O2. The molecule has 2 atom stereocenters. The zero-order valence-corrected chi connectivity index (χ0v) is 10.7. The highest BCUT2D eigenvalue weighted by Crippen LogP contribution is 2.28. The van der Waals surface area contributed by atoms with Crippen molar-refractivity contribution in [2.75, 3.05) is 19.7 Å². The van der Waals surface area contributed by atoms with E-state index in [1.54, 1.807) is 6.07 Å². The van der Waals surface area contributed by atoms with E-state index in [0.717, 1.165) is 31.8 Å². The number of H-pyrrole nitrogens is 1. The average Bonchev–Trinajstić information content (AvgIpc) is 2.85. The summed E-state index contributed by atoms with van der Waals surface area (Å²) < 4.78 is 5.86. The van der Waals surface area contributed by atoms with E-state index in [0.29, 0.717) is 11.9 Å². The summed E-state index contributed by atoms with van der Waals surface area (Å²) in [5.74, 6) is 0.685. The van der Waals surface area contributed by atoms with Gasteiger partial charge in [0.1, 0.15) is 11.9 Å². The van der Waals surface area contributed by atoms with Gasteiger partial charge < -0.3 is 9.72 Å². The van der Waals surface area contributed by atoms with Gasteiger partial charge in [0.15, 0.2) is 0 Å². The summed E-state index contributed by atoms with van der Waals surface area (Å²) >= 11 is 0. The second-order valence-electron chi connectivity index (χ2n) is 5.09. The first kappa shape index (κ1) is 11.9. The van der Waals surface area contributed by atoms with Crippen LogP contribution in [-0.2, 0) is 11.2 Å². The van der Waals surface area contributed by atoms with Crippen LogP contribution in [0.1, 0.15) is 37.4 Å². The highest BCUT2D eigenvalue weighted by molar-refractivity contribution is 5.06. The van der Waals surface area contributed by atoms with Gasteiger partial charge in [0.2, 0.25) is 0 Å². The van der Waals surface area contributed by atoms with Crippen molar-refractivity contribution in [1.29, 1.82) is 0 Å². The average molecular weight is 249 g/mol. The van der Waals surface area contributed by atoms with Gasteiger partial charge in [-0.25, -0.2) is 4.98 Å². The monoisotopic (exact) mass is 249 g/mol. The molecule has 18 heavy (non-hydrogen) atoms. The number of ether oxygens (including phenoxy) is 1. The molecule has 3 rings (SSSR count). The third-order valence-corrected chi connectivity index (χ3v) is 3.87. The molecule has 2 fully saturated rings. The highest BCUT2D eigenvalue weighted by atomic mass is 16.5. The fourth-order valence-corrected chi connectivity index (χ4v) is 2.84. The molecule has 0 aliphatic carbocycles. The van der Waals surface area contributed by atoms with E-state index >= 15 is 0 Å². The summed E-state index contributed by atoms with van der Waals surface area (Å²) in [5.41, 5.74) is 0.755. The van der Waals surface area contributed by atoms with E-state index in [2.05, 4.69) is 14.9 Å². The molecule has 1 aromatic rings. The number of aryl methyl sites for hydroxylation is 1. The lowest BCUT2D eigenvalue weighted by Crippen LogP contribution is -2.43. The molecule has 1 N–H and O–H groups in total. The maximum absolute atomic E-state index is 11.6. The molecule has 0 radical (unpaired) electrons. The molecule has 0 aromatic carbocycles. The number of rotatable bonds is 2. The molecule has 0 bridgehead atoms. The van der Waals surface area contributed by atoms with Crippen molar-refractivity contribution in [2.24, 2.45) is 0 Å². The number of hydrogen-bond acceptors (Lipinski definition) is 4. The van der Waals surface area contributed by atoms with Gasteiger partial charge in [-0.1, -0.05) is 6.92 Å². The third-order valence-electron chi connectivity index (χ3n) is 3.87. The Balaban J connectivity index is 1.82. The Bertz CT molecular complexity index is 485. The predicted molar refractivity (Wildman–Crippen MR) is 67.5 cm³/mol. The lowest BCUT2D eigenvalue weighted by Gasteiger charge is -2.34. The Labute approximate surface area is 106 Å². The smallest absolute Gasteiger partial charge is 0.251 e. The van der Waals surface area contributed by atoms with Crippen LogP contribution in [0.3, 0.4) is 0 Å². The van der Waals surface area contributed by atoms with Crippen LogP contribution in [0, 0.1) is 0 Å². The van der Waals surface area contributed by atoms with Gasteiger partial charge in [-0.05, 0) is 25.8 Å². The maximum atomic E-state index is 11.6. The molecule has 1 aromatic heterocycles. The first-order valence-electron chi connectivity index (χ1n) is 6.72. The molecule has 3 heterocycles. The SMILES string of the molecule is CCc1cc(=O)[nH]c(C2CN3CCCC3CO2)n1. The van der Waals surface area contributed by atoms with Gasteiger partial charge in [0.25, 0.3) is 5.56 Å². The minimum Gasteiger partial charge on any atom is -0.367 e. The molecule has 5 nitrogen and oxygen atoms in total. The first-order chi connectivity index (χ1) is 8.76. The van der Waals surface area contributed by atoms with Gasteiger partial charge >= 0.3 is 0 Å². The van der Waals surface area contributed by atoms with Gasteiger partial charge in [-0.15, -0.1) is 0 Å². The van der Waals surface area contributed by atoms with Crippen LogP contribution < -0.4 is 5.56 Å². The standard InChI is InChI=1S/C13H19N3O2/c1-2-9-6-12(17)15-13(14-9)11-7-16-5-3-4-10(16)8-18-11/h6,10-11H,2-5,7-8H2,1H3,(H,14,15,17). The third kappa shape index (κ3) is 2.20. The van der Waals surface area contributed by atoms with E-state index in [1.165, 1.54) is 12.8 Å². The Morgan fingerprint density at radius 2 is 2.50 bits per heavy atom. The summed E-state index contributed by atoms with van der Waals surface area (Å²) in [6.45, 7) is 4.75. The summed E-state index contributed by atoms with van der Waals surface area (Å²) in [6.07, 6.45) is 3.17. The molecule has 2 aliphatic rings. The molecule has 2 aliphatic heterocycles. The van der Waals surface area contributed by atoms with Crippen molar-refractivity contribution in [1.82, 2.24) is 14.9 Å². The molecule has 98 valence electrons. The molecular weight excluding hydrogens is 230 g/mol. The van der Waals surface area contributed by atoms with Gasteiger partial charge in [0.05, 0.1) is 6.61 Å². The Hall–Kier alpha value is -1.20. The number of aromatic nitrogens is 2. The lowest BCUT2D eigenvalue weighted by atomic mass is 10.2. The zero-order chi connectivity index (χ0) is 12.5. The summed E-state index contributed by atoms with van der Waals surface area (Å²) in [7, 11) is 0. The number of nitrogens with one attached hydrogen (secondary N) is 1. The van der Waals surface area contributed by atoms with Crippen LogP contribution >= 0.6 is 0 Å². The number of fused-ring (bicyclic) bond motifs is 1. The second-order valence-corrected chi connectivity index (χ2v) is 5.09. The molecule has 5 heteroatoms. The zero-order valence-electron chi connectivity index (χ0n) is 10.7. The normalized spacial score (nSPS) is 28.3. The number of morpholine rings is 1. The van der Waals surface area contributed by atoms with Crippen LogP contribution in [0.25, 0.3) is 0 Å². The number of aromatic amines is 1.